The van der Waals surface area contributed by atoms with E-state index in [-0.39, 0.29) is 17.9 Å². The molecule has 1 fully saturated rings. The summed E-state index contributed by atoms with van der Waals surface area (Å²) in [4.78, 5) is 14.1. The van der Waals surface area contributed by atoms with Gasteiger partial charge in [0, 0.05) is 7.05 Å². The van der Waals surface area contributed by atoms with Crippen molar-refractivity contribution >= 4 is 5.91 Å². The summed E-state index contributed by atoms with van der Waals surface area (Å²) in [6, 6.07) is 15.8. The molecule has 2 atom stereocenters. The van der Waals surface area contributed by atoms with Gasteiger partial charge >= 0.3 is 0 Å². The highest BCUT2D eigenvalue weighted by molar-refractivity contribution is 5.91. The quantitative estimate of drug-likeness (QED) is 0.814. The first-order valence-electron chi connectivity index (χ1n) is 7.21. The van der Waals surface area contributed by atoms with Gasteiger partial charge in [0.2, 0.25) is 5.91 Å². The Hall–Kier alpha value is -2.49. The van der Waals surface area contributed by atoms with Crippen molar-refractivity contribution in [1.82, 2.24) is 4.90 Å². The maximum Gasteiger partial charge on any atom is 0.232 e. The van der Waals surface area contributed by atoms with Crippen LogP contribution < -0.4 is 9.47 Å². The normalized spacial score (nSPS) is 20.5. The molecule has 4 nitrogen and oxygen atoms in total. The first kappa shape index (κ1) is 14.4. The number of carbonyl (C=O) groups excluding carboxylic acids is 1. The van der Waals surface area contributed by atoms with Crippen LogP contribution in [0.5, 0.6) is 11.5 Å². The van der Waals surface area contributed by atoms with Gasteiger partial charge in [-0.25, -0.2) is 0 Å². The standard InChI is InChI=1S/C18H19NO3/c1-19-17(12-7-5-4-6-8-12)16(18(19)20)13-9-10-14(21-2)15(11-13)22-3/h4-11,16-17H,1-3H3/t16-,17-/m0/s1. The predicted octanol–water partition coefficient (Wildman–Crippen LogP) is 3.00. The topological polar surface area (TPSA) is 38.8 Å². The minimum Gasteiger partial charge on any atom is -0.493 e. The van der Waals surface area contributed by atoms with Gasteiger partial charge in [0.25, 0.3) is 0 Å². The molecule has 0 spiro atoms. The first-order chi connectivity index (χ1) is 10.7. The fourth-order valence-electron chi connectivity index (χ4n) is 3.07. The van der Waals surface area contributed by atoms with Gasteiger partial charge in [0.1, 0.15) is 0 Å². The lowest BCUT2D eigenvalue weighted by atomic mass is 9.78. The number of nitrogens with zero attached hydrogens (tertiary/aromatic N) is 1. The summed E-state index contributed by atoms with van der Waals surface area (Å²) in [7, 11) is 5.05. The molecule has 1 saturated heterocycles. The zero-order chi connectivity index (χ0) is 15.7. The number of hydrogen-bond acceptors (Lipinski definition) is 3. The number of likely N-dealkylation sites (tertiary alicyclic amines) is 1. The number of β-lactam (4-membered cyclic amide) rings is 1. The van der Waals surface area contributed by atoms with Crippen molar-refractivity contribution in [2.45, 2.75) is 12.0 Å². The van der Waals surface area contributed by atoms with E-state index in [9.17, 15) is 4.79 Å². The van der Waals surface area contributed by atoms with E-state index in [1.165, 1.54) is 0 Å². The van der Waals surface area contributed by atoms with Crippen LogP contribution in [0, 0.1) is 0 Å². The van der Waals surface area contributed by atoms with E-state index >= 15 is 0 Å². The molecule has 1 aliphatic rings. The second-order valence-corrected chi connectivity index (χ2v) is 5.40. The van der Waals surface area contributed by atoms with Gasteiger partial charge < -0.3 is 14.4 Å². The molecular formula is C18H19NO3. The molecule has 0 aliphatic carbocycles. The summed E-state index contributed by atoms with van der Waals surface area (Å²) in [6.45, 7) is 0. The Balaban J connectivity index is 1.98. The van der Waals surface area contributed by atoms with Crippen LogP contribution in [0.3, 0.4) is 0 Å². The number of rotatable bonds is 4. The molecule has 4 heteroatoms. The van der Waals surface area contributed by atoms with Gasteiger partial charge in [0.05, 0.1) is 26.2 Å². The number of likely N-dealkylation sites (N-methyl/N-ethyl adjacent to an activating group) is 1. The van der Waals surface area contributed by atoms with Crippen molar-refractivity contribution in [1.29, 1.82) is 0 Å². The van der Waals surface area contributed by atoms with Gasteiger partial charge in [-0.05, 0) is 23.3 Å². The maximum absolute atomic E-state index is 12.4. The molecule has 0 saturated carbocycles. The number of ether oxygens (including phenoxy) is 2. The molecule has 1 amide bonds. The van der Waals surface area contributed by atoms with Crippen molar-refractivity contribution in [2.24, 2.45) is 0 Å². The van der Waals surface area contributed by atoms with E-state index in [2.05, 4.69) is 12.1 Å². The van der Waals surface area contributed by atoms with Crippen molar-refractivity contribution in [2.75, 3.05) is 21.3 Å². The van der Waals surface area contributed by atoms with E-state index in [4.69, 9.17) is 9.47 Å². The zero-order valence-electron chi connectivity index (χ0n) is 12.9. The molecule has 0 aromatic heterocycles. The van der Waals surface area contributed by atoms with E-state index in [1.807, 2.05) is 43.4 Å². The van der Waals surface area contributed by atoms with Crippen molar-refractivity contribution in [3.8, 4) is 11.5 Å². The van der Waals surface area contributed by atoms with E-state index < -0.39 is 0 Å². The van der Waals surface area contributed by atoms with Crippen LogP contribution in [-0.4, -0.2) is 32.1 Å². The average molecular weight is 297 g/mol. The van der Waals surface area contributed by atoms with Gasteiger partial charge in [-0.2, -0.15) is 0 Å². The number of hydrogen-bond donors (Lipinski definition) is 0. The number of amides is 1. The van der Waals surface area contributed by atoms with Crippen LogP contribution in [0.4, 0.5) is 0 Å². The molecular weight excluding hydrogens is 278 g/mol. The zero-order valence-corrected chi connectivity index (χ0v) is 12.9. The van der Waals surface area contributed by atoms with Gasteiger partial charge in [-0.1, -0.05) is 36.4 Å². The van der Waals surface area contributed by atoms with Crippen LogP contribution in [0.2, 0.25) is 0 Å². The lowest BCUT2D eigenvalue weighted by Crippen LogP contribution is -2.50. The molecule has 2 aromatic carbocycles. The van der Waals surface area contributed by atoms with Crippen molar-refractivity contribution in [3.05, 3.63) is 59.7 Å². The van der Waals surface area contributed by atoms with Crippen molar-refractivity contribution < 1.29 is 14.3 Å². The summed E-state index contributed by atoms with van der Waals surface area (Å²) in [5, 5.41) is 0. The minimum absolute atomic E-state index is 0.0619. The summed E-state index contributed by atoms with van der Waals surface area (Å²) >= 11 is 0. The molecule has 114 valence electrons. The van der Waals surface area contributed by atoms with Crippen LogP contribution in [0.25, 0.3) is 0 Å². The Morgan fingerprint density at radius 3 is 2.23 bits per heavy atom. The molecule has 1 heterocycles. The Bertz CT molecular complexity index is 684. The van der Waals surface area contributed by atoms with E-state index in [0.717, 1.165) is 11.1 Å². The smallest absolute Gasteiger partial charge is 0.232 e. The third-order valence-electron chi connectivity index (χ3n) is 4.25. The first-order valence-corrected chi connectivity index (χ1v) is 7.21. The lowest BCUT2D eigenvalue weighted by molar-refractivity contribution is -0.147. The Morgan fingerprint density at radius 2 is 1.59 bits per heavy atom. The molecule has 2 aromatic rings. The highest BCUT2D eigenvalue weighted by atomic mass is 16.5. The van der Waals surface area contributed by atoms with Gasteiger partial charge in [-0.15, -0.1) is 0 Å². The minimum atomic E-state index is -0.174. The van der Waals surface area contributed by atoms with Crippen LogP contribution in [-0.2, 0) is 4.79 Å². The molecule has 22 heavy (non-hydrogen) atoms. The highest BCUT2D eigenvalue weighted by Crippen LogP contribution is 2.46. The Kier molecular flexibility index (Phi) is 3.75. The van der Waals surface area contributed by atoms with E-state index in [1.54, 1.807) is 19.1 Å². The summed E-state index contributed by atoms with van der Waals surface area (Å²) < 4.78 is 10.6. The van der Waals surface area contributed by atoms with Gasteiger partial charge in [-0.3, -0.25) is 4.79 Å². The molecule has 1 aliphatic heterocycles. The monoisotopic (exact) mass is 297 g/mol. The molecule has 3 rings (SSSR count). The second-order valence-electron chi connectivity index (χ2n) is 5.40. The third-order valence-corrected chi connectivity index (χ3v) is 4.25. The Morgan fingerprint density at radius 1 is 0.909 bits per heavy atom. The fourth-order valence-corrected chi connectivity index (χ4v) is 3.07. The maximum atomic E-state index is 12.4. The summed E-state index contributed by atoms with van der Waals surface area (Å²) in [6.07, 6.45) is 0. The van der Waals surface area contributed by atoms with Crippen molar-refractivity contribution in [3.63, 3.8) is 0 Å². The summed E-state index contributed by atoms with van der Waals surface area (Å²) in [5.74, 6) is 1.27. The number of benzene rings is 2. The van der Waals surface area contributed by atoms with Crippen LogP contribution in [0.15, 0.2) is 48.5 Å². The Labute approximate surface area is 130 Å². The lowest BCUT2D eigenvalue weighted by Gasteiger charge is -2.45. The highest BCUT2D eigenvalue weighted by Gasteiger charge is 2.46. The SMILES string of the molecule is COc1ccc([C@@H]2C(=O)N(C)[C@H]2c2ccccc2)cc1OC. The third kappa shape index (κ3) is 2.21. The molecule has 0 bridgehead atoms. The number of carbonyl (C=O) groups is 1. The fraction of sp³-hybridized carbons (Fsp3) is 0.278. The predicted molar refractivity (Wildman–Crippen MR) is 84.2 cm³/mol. The molecule has 0 N–H and O–H groups in total. The van der Waals surface area contributed by atoms with Crippen LogP contribution >= 0.6 is 0 Å². The second kappa shape index (κ2) is 5.72. The molecule has 0 radical (unpaired) electrons. The number of methoxy groups -OCH3 is 2. The van der Waals surface area contributed by atoms with Crippen LogP contribution in [0.1, 0.15) is 23.1 Å². The summed E-state index contributed by atoms with van der Waals surface area (Å²) in [5.41, 5.74) is 2.10. The molecule has 0 unspecified atom stereocenters. The van der Waals surface area contributed by atoms with Gasteiger partial charge in [0.15, 0.2) is 11.5 Å². The van der Waals surface area contributed by atoms with E-state index in [0.29, 0.717) is 11.5 Å². The largest absolute Gasteiger partial charge is 0.493 e. The average Bonchev–Trinajstić information content (AvgIpc) is 2.58.